The van der Waals surface area contributed by atoms with Crippen molar-refractivity contribution >= 4 is 0 Å². The highest BCUT2D eigenvalue weighted by Gasteiger charge is 2.14. The van der Waals surface area contributed by atoms with Gasteiger partial charge in [0.2, 0.25) is 0 Å². The zero-order valence-electron chi connectivity index (χ0n) is 7.20. The summed E-state index contributed by atoms with van der Waals surface area (Å²) in [6.45, 7) is 6.60. The van der Waals surface area contributed by atoms with Crippen molar-refractivity contribution < 1.29 is 0 Å². The Balaban J connectivity index is 2.89. The van der Waals surface area contributed by atoms with Crippen molar-refractivity contribution in [3.8, 4) is 0 Å². The summed E-state index contributed by atoms with van der Waals surface area (Å²) in [5.74, 6) is 0. The second-order valence-corrected chi connectivity index (χ2v) is 3.50. The van der Waals surface area contributed by atoms with Gasteiger partial charge in [0.1, 0.15) is 0 Å². The van der Waals surface area contributed by atoms with Gasteiger partial charge in [0.15, 0.2) is 0 Å². The van der Waals surface area contributed by atoms with Crippen LogP contribution in [0.5, 0.6) is 0 Å². The molecule has 1 heterocycles. The zero-order chi connectivity index (χ0) is 8.48. The molecule has 0 aromatic carbocycles. The van der Waals surface area contributed by atoms with Crippen molar-refractivity contribution in [2.45, 2.75) is 32.9 Å². The van der Waals surface area contributed by atoms with Crippen LogP contribution in [0.3, 0.4) is 0 Å². The molecular weight excluding hydrogens is 140 g/mol. The van der Waals surface area contributed by atoms with E-state index in [0.29, 0.717) is 6.54 Å². The van der Waals surface area contributed by atoms with Crippen LogP contribution in [0.4, 0.5) is 0 Å². The van der Waals surface area contributed by atoms with Gasteiger partial charge >= 0.3 is 0 Å². The predicted octanol–water partition coefficient (Wildman–Crippen LogP) is 0.492. The van der Waals surface area contributed by atoms with E-state index in [2.05, 4.69) is 10.2 Å². The summed E-state index contributed by atoms with van der Waals surface area (Å²) >= 11 is 0. The molecule has 1 rings (SSSR count). The van der Waals surface area contributed by atoms with E-state index in [0.717, 1.165) is 5.69 Å². The standard InChI is InChI=1S/C7H14N4/c1-7(2,3)11-9-5-6(4-8)10-11/h5H,4,8H2,1-3H3. The van der Waals surface area contributed by atoms with Crippen LogP contribution in [-0.2, 0) is 12.1 Å². The maximum Gasteiger partial charge on any atom is 0.0962 e. The van der Waals surface area contributed by atoms with Gasteiger partial charge in [-0.05, 0) is 20.8 Å². The molecule has 0 aliphatic rings. The third-order valence-corrected chi connectivity index (χ3v) is 1.35. The Morgan fingerprint density at radius 2 is 2.18 bits per heavy atom. The Morgan fingerprint density at radius 1 is 1.55 bits per heavy atom. The Morgan fingerprint density at radius 3 is 2.45 bits per heavy atom. The molecule has 0 saturated carbocycles. The van der Waals surface area contributed by atoms with Crippen LogP contribution < -0.4 is 5.73 Å². The molecular formula is C7H14N4. The molecule has 4 nitrogen and oxygen atoms in total. The Labute approximate surface area is 66.4 Å². The molecule has 0 amide bonds. The quantitative estimate of drug-likeness (QED) is 0.640. The molecule has 1 aromatic rings. The molecule has 0 aliphatic carbocycles. The second kappa shape index (κ2) is 2.62. The molecule has 4 heteroatoms. The normalized spacial score (nSPS) is 12.0. The summed E-state index contributed by atoms with van der Waals surface area (Å²) in [5, 5.41) is 8.26. The van der Waals surface area contributed by atoms with Crippen molar-refractivity contribution in [1.29, 1.82) is 0 Å². The average molecular weight is 154 g/mol. The van der Waals surface area contributed by atoms with E-state index >= 15 is 0 Å². The molecule has 0 radical (unpaired) electrons. The fourth-order valence-corrected chi connectivity index (χ4v) is 0.711. The van der Waals surface area contributed by atoms with Crippen LogP contribution in [0, 0.1) is 0 Å². The molecule has 0 bridgehead atoms. The molecule has 2 N–H and O–H groups in total. The Bertz CT molecular complexity index is 233. The lowest BCUT2D eigenvalue weighted by Gasteiger charge is -2.16. The van der Waals surface area contributed by atoms with Gasteiger partial charge < -0.3 is 5.73 Å². The van der Waals surface area contributed by atoms with Crippen LogP contribution in [0.1, 0.15) is 26.5 Å². The molecule has 0 aliphatic heterocycles. The maximum absolute atomic E-state index is 5.39. The lowest BCUT2D eigenvalue weighted by molar-refractivity contribution is 0.311. The van der Waals surface area contributed by atoms with Gasteiger partial charge in [0, 0.05) is 6.54 Å². The van der Waals surface area contributed by atoms with E-state index in [1.807, 2.05) is 20.8 Å². The fourth-order valence-electron chi connectivity index (χ4n) is 0.711. The number of nitrogens with two attached hydrogens (primary N) is 1. The van der Waals surface area contributed by atoms with E-state index in [-0.39, 0.29) is 5.54 Å². The predicted molar refractivity (Wildman–Crippen MR) is 42.9 cm³/mol. The first kappa shape index (κ1) is 8.20. The van der Waals surface area contributed by atoms with Crippen molar-refractivity contribution in [3.63, 3.8) is 0 Å². The third-order valence-electron chi connectivity index (χ3n) is 1.35. The van der Waals surface area contributed by atoms with Crippen molar-refractivity contribution in [2.75, 3.05) is 0 Å². The first-order chi connectivity index (χ1) is 5.04. The first-order valence-electron chi connectivity index (χ1n) is 3.66. The topological polar surface area (TPSA) is 56.7 Å². The Kier molecular flexibility index (Phi) is 1.95. The summed E-state index contributed by atoms with van der Waals surface area (Å²) in [4.78, 5) is 1.68. The minimum absolute atomic E-state index is 0.0482. The largest absolute Gasteiger partial charge is 0.325 e. The van der Waals surface area contributed by atoms with Gasteiger partial charge in [0.05, 0.1) is 17.4 Å². The molecule has 0 fully saturated rings. The van der Waals surface area contributed by atoms with Gasteiger partial charge in [-0.2, -0.15) is 15.0 Å². The minimum Gasteiger partial charge on any atom is -0.325 e. The number of hydrogen-bond acceptors (Lipinski definition) is 3. The molecule has 0 atom stereocenters. The van der Waals surface area contributed by atoms with Gasteiger partial charge in [-0.15, -0.1) is 0 Å². The van der Waals surface area contributed by atoms with Crippen LogP contribution in [0.25, 0.3) is 0 Å². The van der Waals surface area contributed by atoms with E-state index in [1.54, 1.807) is 11.0 Å². The van der Waals surface area contributed by atoms with Gasteiger partial charge in [-0.3, -0.25) is 0 Å². The molecule has 1 aromatic heterocycles. The van der Waals surface area contributed by atoms with Crippen LogP contribution in [0.2, 0.25) is 0 Å². The SMILES string of the molecule is CC(C)(C)n1ncc(CN)n1. The van der Waals surface area contributed by atoms with Crippen LogP contribution in [-0.4, -0.2) is 15.0 Å². The van der Waals surface area contributed by atoms with Gasteiger partial charge in [-0.25, -0.2) is 0 Å². The smallest absolute Gasteiger partial charge is 0.0962 e. The average Bonchev–Trinajstić information content (AvgIpc) is 2.32. The van der Waals surface area contributed by atoms with Gasteiger partial charge in [-0.1, -0.05) is 0 Å². The summed E-state index contributed by atoms with van der Waals surface area (Å²) in [5.41, 5.74) is 6.18. The first-order valence-corrected chi connectivity index (χ1v) is 3.66. The van der Waals surface area contributed by atoms with Gasteiger partial charge in [0.25, 0.3) is 0 Å². The minimum atomic E-state index is -0.0482. The Hall–Kier alpha value is -0.900. The van der Waals surface area contributed by atoms with Crippen molar-refractivity contribution in [2.24, 2.45) is 5.73 Å². The van der Waals surface area contributed by atoms with Crippen LogP contribution in [0.15, 0.2) is 6.20 Å². The number of rotatable bonds is 1. The van der Waals surface area contributed by atoms with E-state index in [1.165, 1.54) is 0 Å². The van der Waals surface area contributed by atoms with E-state index in [9.17, 15) is 0 Å². The second-order valence-electron chi connectivity index (χ2n) is 3.50. The van der Waals surface area contributed by atoms with Crippen molar-refractivity contribution in [3.05, 3.63) is 11.9 Å². The van der Waals surface area contributed by atoms with Crippen LogP contribution >= 0.6 is 0 Å². The summed E-state index contributed by atoms with van der Waals surface area (Å²) in [6, 6.07) is 0. The lowest BCUT2D eigenvalue weighted by Crippen LogP contribution is -2.24. The highest BCUT2D eigenvalue weighted by atomic mass is 15.5. The number of hydrogen-bond donors (Lipinski definition) is 1. The molecule has 62 valence electrons. The number of aromatic nitrogens is 3. The fraction of sp³-hybridized carbons (Fsp3) is 0.714. The molecule has 0 unspecified atom stereocenters. The zero-order valence-corrected chi connectivity index (χ0v) is 7.20. The summed E-state index contributed by atoms with van der Waals surface area (Å²) < 4.78 is 0. The van der Waals surface area contributed by atoms with Crippen molar-refractivity contribution in [1.82, 2.24) is 15.0 Å². The van der Waals surface area contributed by atoms with E-state index in [4.69, 9.17) is 5.73 Å². The molecule has 0 spiro atoms. The summed E-state index contributed by atoms with van der Waals surface area (Å²) in [7, 11) is 0. The summed E-state index contributed by atoms with van der Waals surface area (Å²) in [6.07, 6.45) is 1.70. The highest BCUT2D eigenvalue weighted by molar-refractivity contribution is 4.90. The number of nitrogens with zero attached hydrogens (tertiary/aromatic N) is 3. The lowest BCUT2D eigenvalue weighted by atomic mass is 10.1. The van der Waals surface area contributed by atoms with E-state index < -0.39 is 0 Å². The highest BCUT2D eigenvalue weighted by Crippen LogP contribution is 2.09. The molecule has 11 heavy (non-hydrogen) atoms. The monoisotopic (exact) mass is 154 g/mol. The molecule has 0 saturated heterocycles. The maximum atomic E-state index is 5.39. The third kappa shape index (κ3) is 1.77.